The van der Waals surface area contributed by atoms with Crippen LogP contribution in [0.2, 0.25) is 0 Å². The van der Waals surface area contributed by atoms with Gasteiger partial charge in [0, 0.05) is 11.9 Å². The fourth-order valence-corrected chi connectivity index (χ4v) is 1.95. The average molecular weight is 210 g/mol. The number of nitrogens with zero attached hydrogens (tertiary/aromatic N) is 1. The predicted molar refractivity (Wildman–Crippen MR) is 54.3 cm³/mol. The monoisotopic (exact) mass is 210 g/mol. The number of primary sulfonamides is 1. The van der Waals surface area contributed by atoms with Crippen LogP contribution < -0.4 is 5.14 Å². The molecule has 0 bridgehead atoms. The van der Waals surface area contributed by atoms with Crippen LogP contribution in [-0.2, 0) is 10.0 Å². The van der Waals surface area contributed by atoms with Gasteiger partial charge in [-0.3, -0.25) is 0 Å². The summed E-state index contributed by atoms with van der Waals surface area (Å²) in [5.41, 5.74) is 0.972. The predicted octanol–water partition coefficient (Wildman–Crippen LogP) is 0.442. The first-order chi connectivity index (χ1) is 6.57. The van der Waals surface area contributed by atoms with Gasteiger partial charge in [-0.05, 0) is 24.3 Å². The third kappa shape index (κ3) is 1.64. The first kappa shape index (κ1) is 9.23. The molecule has 2 N–H and O–H groups in total. The fraction of sp³-hybridized carbons (Fsp3) is 0.111. The van der Waals surface area contributed by atoms with Crippen LogP contribution in [0.5, 0.6) is 0 Å². The zero-order valence-corrected chi connectivity index (χ0v) is 8.24. The lowest BCUT2D eigenvalue weighted by atomic mass is 10.2. The molecule has 0 saturated heterocycles. The number of rotatable bonds is 1. The maximum absolute atomic E-state index is 11.1. The number of fused-ring (bicyclic) bond motifs is 1. The molecule has 0 saturated carbocycles. The molecule has 74 valence electrons. The van der Waals surface area contributed by atoms with Gasteiger partial charge in [-0.2, -0.15) is 0 Å². The molecule has 0 atom stereocenters. The van der Waals surface area contributed by atoms with E-state index in [-0.39, 0.29) is 4.91 Å². The molecule has 0 aliphatic carbocycles. The minimum atomic E-state index is -3.56. The van der Waals surface area contributed by atoms with E-state index in [1.165, 1.54) is 0 Å². The molecule has 2 rings (SSSR count). The number of hydrogen-bond donors (Lipinski definition) is 1. The second-order valence-corrected chi connectivity index (χ2v) is 4.71. The van der Waals surface area contributed by atoms with Crippen molar-refractivity contribution in [3.63, 3.8) is 0 Å². The van der Waals surface area contributed by atoms with E-state index in [0.717, 1.165) is 5.70 Å². The summed E-state index contributed by atoms with van der Waals surface area (Å²) in [7, 11) is -3.56. The molecular weight excluding hydrogens is 200 g/mol. The highest BCUT2D eigenvalue weighted by atomic mass is 32.2. The first-order valence-electron chi connectivity index (χ1n) is 4.12. The van der Waals surface area contributed by atoms with Crippen molar-refractivity contribution in [2.75, 3.05) is 6.54 Å². The standard InChI is InChI=1S/C9H10N2O2S/c10-14(12,13)9-5-4-8-3-1-2-6-11(8)7-9/h1-6H,7H2,(H2,10,12,13). The highest BCUT2D eigenvalue weighted by Gasteiger charge is 2.19. The SMILES string of the molecule is NS(=O)(=O)C1=CC=C2C=CC=CN2C1. The van der Waals surface area contributed by atoms with Crippen molar-refractivity contribution < 1.29 is 8.42 Å². The summed E-state index contributed by atoms with van der Waals surface area (Å²) in [6, 6.07) is 0. The molecule has 2 heterocycles. The van der Waals surface area contributed by atoms with Gasteiger partial charge in [0.1, 0.15) is 0 Å². The largest absolute Gasteiger partial charge is 0.343 e. The van der Waals surface area contributed by atoms with Crippen LogP contribution in [0.3, 0.4) is 0 Å². The zero-order valence-electron chi connectivity index (χ0n) is 7.42. The summed E-state index contributed by atoms with van der Waals surface area (Å²) in [5, 5.41) is 5.04. The molecule has 0 aromatic heterocycles. The molecule has 0 spiro atoms. The Labute approximate surface area is 82.7 Å². The summed E-state index contributed by atoms with van der Waals surface area (Å²) >= 11 is 0. The zero-order chi connectivity index (χ0) is 10.2. The summed E-state index contributed by atoms with van der Waals surface area (Å²) in [5.74, 6) is 0. The van der Waals surface area contributed by atoms with E-state index >= 15 is 0 Å². The topological polar surface area (TPSA) is 63.4 Å². The highest BCUT2D eigenvalue weighted by molar-refractivity contribution is 7.93. The molecule has 14 heavy (non-hydrogen) atoms. The molecule has 2 aliphatic heterocycles. The molecule has 0 amide bonds. The third-order valence-corrected chi connectivity index (χ3v) is 3.10. The minimum absolute atomic E-state index is 0.237. The van der Waals surface area contributed by atoms with Crippen molar-refractivity contribution in [3.8, 4) is 0 Å². The van der Waals surface area contributed by atoms with Gasteiger partial charge >= 0.3 is 0 Å². The van der Waals surface area contributed by atoms with E-state index < -0.39 is 10.0 Å². The van der Waals surface area contributed by atoms with Crippen LogP contribution in [0.25, 0.3) is 0 Å². The number of hydrogen-bond acceptors (Lipinski definition) is 3. The summed E-state index contributed by atoms with van der Waals surface area (Å²) < 4.78 is 22.1. The Hall–Kier alpha value is -1.33. The Kier molecular flexibility index (Phi) is 2.05. The molecule has 0 unspecified atom stereocenters. The average Bonchev–Trinajstić information content (AvgIpc) is 2.16. The van der Waals surface area contributed by atoms with Crippen LogP contribution >= 0.6 is 0 Å². The van der Waals surface area contributed by atoms with Crippen molar-refractivity contribution in [1.82, 2.24) is 4.90 Å². The number of nitrogens with two attached hydrogens (primary N) is 1. The van der Waals surface area contributed by atoms with Crippen molar-refractivity contribution >= 4 is 10.0 Å². The first-order valence-corrected chi connectivity index (χ1v) is 5.67. The molecule has 0 radical (unpaired) electrons. The van der Waals surface area contributed by atoms with E-state index in [1.54, 1.807) is 12.2 Å². The van der Waals surface area contributed by atoms with Crippen LogP contribution in [0.4, 0.5) is 0 Å². The second-order valence-electron chi connectivity index (χ2n) is 3.10. The van der Waals surface area contributed by atoms with Gasteiger partial charge in [0.2, 0.25) is 10.0 Å². The van der Waals surface area contributed by atoms with Gasteiger partial charge in [0.15, 0.2) is 0 Å². The fourth-order valence-electron chi connectivity index (χ4n) is 1.37. The van der Waals surface area contributed by atoms with Gasteiger partial charge in [0.25, 0.3) is 0 Å². The van der Waals surface area contributed by atoms with Crippen LogP contribution in [0.1, 0.15) is 0 Å². The lowest BCUT2D eigenvalue weighted by Crippen LogP contribution is -2.28. The molecule has 0 aromatic rings. The van der Waals surface area contributed by atoms with E-state index in [4.69, 9.17) is 5.14 Å². The molecule has 2 aliphatic rings. The van der Waals surface area contributed by atoms with Crippen LogP contribution in [0, 0.1) is 0 Å². The Morgan fingerprint density at radius 2 is 2.07 bits per heavy atom. The maximum Gasteiger partial charge on any atom is 0.235 e. The second kappa shape index (κ2) is 3.11. The summed E-state index contributed by atoms with van der Waals surface area (Å²) in [6.07, 6.45) is 10.8. The molecule has 0 fully saturated rings. The van der Waals surface area contributed by atoms with E-state index in [0.29, 0.717) is 6.54 Å². The van der Waals surface area contributed by atoms with Gasteiger partial charge < -0.3 is 4.90 Å². The Balaban J connectivity index is 2.37. The Morgan fingerprint density at radius 1 is 1.29 bits per heavy atom. The van der Waals surface area contributed by atoms with Gasteiger partial charge in [-0.15, -0.1) is 0 Å². The highest BCUT2D eigenvalue weighted by Crippen LogP contribution is 2.20. The van der Waals surface area contributed by atoms with Crippen molar-refractivity contribution in [2.24, 2.45) is 5.14 Å². The van der Waals surface area contributed by atoms with Crippen molar-refractivity contribution in [3.05, 3.63) is 47.2 Å². The van der Waals surface area contributed by atoms with Crippen LogP contribution in [-0.4, -0.2) is 19.9 Å². The lowest BCUT2D eigenvalue weighted by Gasteiger charge is -2.26. The Bertz CT molecular complexity index is 469. The van der Waals surface area contributed by atoms with Crippen LogP contribution in [0.15, 0.2) is 47.2 Å². The number of sulfonamides is 1. The molecule has 4 nitrogen and oxygen atoms in total. The van der Waals surface area contributed by atoms with Gasteiger partial charge in [-0.1, -0.05) is 6.08 Å². The Morgan fingerprint density at radius 3 is 2.79 bits per heavy atom. The summed E-state index contributed by atoms with van der Waals surface area (Å²) in [6.45, 7) is 0.311. The van der Waals surface area contributed by atoms with Gasteiger partial charge in [0.05, 0.1) is 11.4 Å². The van der Waals surface area contributed by atoms with E-state index in [2.05, 4.69) is 0 Å². The molecule has 5 heteroatoms. The number of allylic oxidation sites excluding steroid dienone is 5. The smallest absolute Gasteiger partial charge is 0.235 e. The summed E-state index contributed by atoms with van der Waals surface area (Å²) in [4.78, 5) is 2.07. The molecule has 0 aromatic carbocycles. The maximum atomic E-state index is 11.1. The third-order valence-electron chi connectivity index (χ3n) is 2.11. The quantitative estimate of drug-likeness (QED) is 0.683. The van der Waals surface area contributed by atoms with Crippen molar-refractivity contribution in [1.29, 1.82) is 0 Å². The minimum Gasteiger partial charge on any atom is -0.343 e. The van der Waals surface area contributed by atoms with Crippen molar-refractivity contribution in [2.45, 2.75) is 0 Å². The van der Waals surface area contributed by atoms with E-state index in [1.807, 2.05) is 29.3 Å². The van der Waals surface area contributed by atoms with Gasteiger partial charge in [-0.25, -0.2) is 13.6 Å². The molecular formula is C9H10N2O2S. The lowest BCUT2D eigenvalue weighted by molar-refractivity contribution is 0.512. The normalized spacial score (nSPS) is 20.2. The van der Waals surface area contributed by atoms with E-state index in [9.17, 15) is 8.42 Å².